The van der Waals surface area contributed by atoms with Crippen molar-refractivity contribution in [2.24, 2.45) is 0 Å². The number of carbonyl (C=O) groups excluding carboxylic acids is 1. The van der Waals surface area contributed by atoms with Gasteiger partial charge < -0.3 is 9.64 Å². The monoisotopic (exact) mass is 236 g/mol. The minimum Gasteiger partial charge on any atom is -0.495 e. The highest BCUT2D eigenvalue weighted by Gasteiger charge is 2.26. The smallest absolute Gasteiger partial charge is 0.271 e. The molecule has 6 nitrogen and oxygen atoms in total. The van der Waals surface area contributed by atoms with Gasteiger partial charge in [-0.15, -0.1) is 0 Å². The van der Waals surface area contributed by atoms with Crippen molar-refractivity contribution in [3.8, 4) is 5.75 Å². The Morgan fingerprint density at radius 3 is 2.76 bits per heavy atom. The fourth-order valence-electron chi connectivity index (χ4n) is 1.91. The van der Waals surface area contributed by atoms with Crippen molar-refractivity contribution in [3.63, 3.8) is 0 Å². The second-order valence-corrected chi connectivity index (χ2v) is 3.76. The summed E-state index contributed by atoms with van der Waals surface area (Å²) in [4.78, 5) is 23.4. The number of nitrogens with zero attached hydrogens (tertiary/aromatic N) is 2. The number of non-ortho nitro benzene ring substituents is 1. The lowest BCUT2D eigenvalue weighted by Gasteiger charge is -2.18. The maximum atomic E-state index is 11.6. The van der Waals surface area contributed by atoms with Crippen LogP contribution in [0, 0.1) is 10.1 Å². The molecule has 1 amide bonds. The number of rotatable bonds is 3. The van der Waals surface area contributed by atoms with E-state index >= 15 is 0 Å². The van der Waals surface area contributed by atoms with Gasteiger partial charge in [-0.3, -0.25) is 14.9 Å². The highest BCUT2D eigenvalue weighted by atomic mass is 16.6. The summed E-state index contributed by atoms with van der Waals surface area (Å²) >= 11 is 0. The quantitative estimate of drug-likeness (QED) is 0.591. The Morgan fingerprint density at radius 1 is 1.47 bits per heavy atom. The van der Waals surface area contributed by atoms with Crippen molar-refractivity contribution >= 4 is 17.3 Å². The molecule has 0 atom stereocenters. The van der Waals surface area contributed by atoms with Gasteiger partial charge in [0.15, 0.2) is 0 Å². The average molecular weight is 236 g/mol. The van der Waals surface area contributed by atoms with Crippen LogP contribution in [0.2, 0.25) is 0 Å². The first-order valence-electron chi connectivity index (χ1n) is 5.26. The summed E-state index contributed by atoms with van der Waals surface area (Å²) < 4.78 is 5.12. The molecule has 1 saturated heterocycles. The molecule has 0 radical (unpaired) electrons. The van der Waals surface area contributed by atoms with E-state index in [-0.39, 0.29) is 11.6 Å². The predicted molar refractivity (Wildman–Crippen MR) is 61.2 cm³/mol. The van der Waals surface area contributed by atoms with Crippen LogP contribution in [0.1, 0.15) is 12.8 Å². The standard InChI is InChI=1S/C11H12N2O4/c1-17-10-5-4-8(13(15)16)7-9(10)12-6-2-3-11(12)14/h4-5,7H,2-3,6H2,1H3. The first-order chi connectivity index (χ1) is 8.13. The van der Waals surface area contributed by atoms with Crippen LogP contribution in [0.15, 0.2) is 18.2 Å². The Hall–Kier alpha value is -2.11. The Bertz CT molecular complexity index is 473. The minimum absolute atomic E-state index is 0.0243. The van der Waals surface area contributed by atoms with E-state index < -0.39 is 4.92 Å². The topological polar surface area (TPSA) is 72.7 Å². The van der Waals surface area contributed by atoms with E-state index in [1.165, 1.54) is 30.2 Å². The van der Waals surface area contributed by atoms with Gasteiger partial charge in [-0.05, 0) is 12.5 Å². The first-order valence-corrected chi connectivity index (χ1v) is 5.26. The molecular weight excluding hydrogens is 224 g/mol. The van der Waals surface area contributed by atoms with E-state index in [0.29, 0.717) is 24.4 Å². The zero-order valence-corrected chi connectivity index (χ0v) is 9.38. The van der Waals surface area contributed by atoms with E-state index in [2.05, 4.69) is 0 Å². The largest absolute Gasteiger partial charge is 0.495 e. The molecule has 0 aliphatic carbocycles. The van der Waals surface area contributed by atoms with Gasteiger partial charge in [0.25, 0.3) is 5.69 Å². The molecule has 0 N–H and O–H groups in total. The summed E-state index contributed by atoms with van der Waals surface area (Å²) in [5, 5.41) is 10.7. The number of hydrogen-bond acceptors (Lipinski definition) is 4. The molecule has 1 aromatic rings. The second-order valence-electron chi connectivity index (χ2n) is 3.76. The summed E-state index contributed by atoms with van der Waals surface area (Å²) in [6, 6.07) is 4.25. The third-order valence-electron chi connectivity index (χ3n) is 2.74. The Balaban J connectivity index is 2.45. The molecule has 0 aromatic heterocycles. The molecule has 2 rings (SSSR count). The summed E-state index contributed by atoms with van der Waals surface area (Å²) in [5.74, 6) is 0.453. The molecule has 1 aromatic carbocycles. The van der Waals surface area contributed by atoms with Gasteiger partial charge in [0.1, 0.15) is 5.75 Å². The van der Waals surface area contributed by atoms with Gasteiger partial charge in [-0.2, -0.15) is 0 Å². The molecule has 90 valence electrons. The van der Waals surface area contributed by atoms with E-state index in [9.17, 15) is 14.9 Å². The number of nitro groups is 1. The predicted octanol–water partition coefficient (Wildman–Crippen LogP) is 1.73. The summed E-state index contributed by atoms with van der Waals surface area (Å²) in [7, 11) is 1.48. The molecule has 1 aliphatic rings. The van der Waals surface area contributed by atoms with Crippen molar-refractivity contribution in [2.75, 3.05) is 18.6 Å². The second kappa shape index (κ2) is 4.40. The fraction of sp³-hybridized carbons (Fsp3) is 0.364. The van der Waals surface area contributed by atoms with Gasteiger partial charge in [-0.1, -0.05) is 0 Å². The number of carbonyl (C=O) groups is 1. The molecule has 0 saturated carbocycles. The lowest BCUT2D eigenvalue weighted by Crippen LogP contribution is -2.24. The number of anilines is 1. The number of amides is 1. The number of ether oxygens (including phenoxy) is 1. The average Bonchev–Trinajstić information content (AvgIpc) is 2.74. The van der Waals surface area contributed by atoms with Crippen molar-refractivity contribution in [1.29, 1.82) is 0 Å². The van der Waals surface area contributed by atoms with Crippen LogP contribution in [-0.4, -0.2) is 24.5 Å². The van der Waals surface area contributed by atoms with Crippen LogP contribution in [0.5, 0.6) is 5.75 Å². The Labute approximate surface area is 97.9 Å². The zero-order valence-electron chi connectivity index (χ0n) is 9.38. The molecular formula is C11H12N2O4. The zero-order chi connectivity index (χ0) is 12.4. The SMILES string of the molecule is COc1ccc([N+](=O)[O-])cc1N1CCCC1=O. The fourth-order valence-corrected chi connectivity index (χ4v) is 1.91. The van der Waals surface area contributed by atoms with Crippen molar-refractivity contribution in [1.82, 2.24) is 0 Å². The maximum absolute atomic E-state index is 11.6. The summed E-state index contributed by atoms with van der Waals surface area (Å²) in [6.45, 7) is 0.580. The number of methoxy groups -OCH3 is 1. The van der Waals surface area contributed by atoms with Gasteiger partial charge in [-0.25, -0.2) is 0 Å². The van der Waals surface area contributed by atoms with Gasteiger partial charge in [0.05, 0.1) is 17.7 Å². The molecule has 1 fully saturated rings. The number of nitro benzene ring substituents is 1. The van der Waals surface area contributed by atoms with Crippen LogP contribution in [-0.2, 0) is 4.79 Å². The van der Waals surface area contributed by atoms with Gasteiger partial charge >= 0.3 is 0 Å². The Morgan fingerprint density at radius 2 is 2.24 bits per heavy atom. The van der Waals surface area contributed by atoms with Crippen molar-refractivity contribution in [2.45, 2.75) is 12.8 Å². The summed E-state index contributed by atoms with van der Waals surface area (Å²) in [6.07, 6.45) is 1.25. The van der Waals surface area contributed by atoms with Crippen LogP contribution < -0.4 is 9.64 Å². The number of benzene rings is 1. The molecule has 6 heteroatoms. The van der Waals surface area contributed by atoms with Crippen molar-refractivity contribution in [3.05, 3.63) is 28.3 Å². The first kappa shape index (κ1) is 11.4. The van der Waals surface area contributed by atoms with Gasteiger partial charge in [0.2, 0.25) is 5.91 Å². The normalized spacial score (nSPS) is 15.1. The Kier molecular flexibility index (Phi) is 2.95. The van der Waals surface area contributed by atoms with Crippen molar-refractivity contribution < 1.29 is 14.5 Å². The van der Waals surface area contributed by atoms with E-state index in [0.717, 1.165) is 6.42 Å². The van der Waals surface area contributed by atoms with E-state index in [1.54, 1.807) is 0 Å². The molecule has 1 heterocycles. The van der Waals surface area contributed by atoms with Crippen LogP contribution in [0.4, 0.5) is 11.4 Å². The lowest BCUT2D eigenvalue weighted by atomic mass is 10.2. The number of hydrogen-bond donors (Lipinski definition) is 0. The minimum atomic E-state index is -0.483. The van der Waals surface area contributed by atoms with Gasteiger partial charge in [0, 0.05) is 25.1 Å². The lowest BCUT2D eigenvalue weighted by molar-refractivity contribution is -0.384. The van der Waals surface area contributed by atoms with Crippen LogP contribution in [0.25, 0.3) is 0 Å². The molecule has 1 aliphatic heterocycles. The molecule has 0 bridgehead atoms. The third-order valence-corrected chi connectivity index (χ3v) is 2.74. The molecule has 0 spiro atoms. The highest BCUT2D eigenvalue weighted by Crippen LogP contribution is 2.34. The third kappa shape index (κ3) is 2.06. The van der Waals surface area contributed by atoms with Crippen LogP contribution in [0.3, 0.4) is 0 Å². The summed E-state index contributed by atoms with van der Waals surface area (Å²) in [5.41, 5.74) is 0.435. The van der Waals surface area contributed by atoms with E-state index in [4.69, 9.17) is 4.74 Å². The molecule has 17 heavy (non-hydrogen) atoms. The molecule has 0 unspecified atom stereocenters. The van der Waals surface area contributed by atoms with Crippen LogP contribution >= 0.6 is 0 Å². The maximum Gasteiger partial charge on any atom is 0.271 e. The highest BCUT2D eigenvalue weighted by molar-refractivity contribution is 5.97. The van der Waals surface area contributed by atoms with E-state index in [1.807, 2.05) is 0 Å².